The lowest BCUT2D eigenvalue weighted by Gasteiger charge is -2.29. The largest absolute Gasteiger partial charge is 0.367 e. The summed E-state index contributed by atoms with van der Waals surface area (Å²) in [6, 6.07) is 4.74. The number of nitrogens with one attached hydrogen (secondary N) is 2. The topological polar surface area (TPSA) is 47.6 Å². The Morgan fingerprint density at radius 2 is 1.86 bits per heavy atom. The molecule has 21 heavy (non-hydrogen) atoms. The van der Waals surface area contributed by atoms with Gasteiger partial charge in [0.05, 0.1) is 5.69 Å². The van der Waals surface area contributed by atoms with E-state index < -0.39 is 0 Å². The molecule has 6 heteroatoms. The molecule has 2 saturated heterocycles. The summed E-state index contributed by atoms with van der Waals surface area (Å²) in [5.41, 5.74) is 3.78. The average molecular weight is 292 g/mol. The van der Waals surface area contributed by atoms with Crippen LogP contribution < -0.4 is 15.6 Å². The van der Waals surface area contributed by atoms with Crippen molar-refractivity contribution in [3.63, 3.8) is 0 Å². The number of carbonyl (C=O) groups excluding carboxylic acids is 1. The van der Waals surface area contributed by atoms with Crippen LogP contribution in [-0.4, -0.2) is 50.2 Å². The summed E-state index contributed by atoms with van der Waals surface area (Å²) in [7, 11) is 0. The molecular formula is C15H21FN4O. The molecule has 2 N–H and O–H groups in total. The summed E-state index contributed by atoms with van der Waals surface area (Å²) in [5.74, 6) is -0.561. The van der Waals surface area contributed by atoms with Crippen molar-refractivity contribution in [2.45, 2.75) is 12.8 Å². The molecule has 1 amide bonds. The molecule has 5 nitrogen and oxygen atoms in total. The number of amides is 1. The number of carbonyl (C=O) groups is 1. The van der Waals surface area contributed by atoms with Crippen LogP contribution in [0.5, 0.6) is 0 Å². The Labute approximate surface area is 124 Å². The maximum Gasteiger partial charge on any atom is 0.265 e. The second-order valence-electron chi connectivity index (χ2n) is 5.54. The van der Waals surface area contributed by atoms with E-state index in [4.69, 9.17) is 0 Å². The molecule has 2 aliphatic rings. The zero-order valence-corrected chi connectivity index (χ0v) is 12.1. The fourth-order valence-corrected chi connectivity index (χ4v) is 2.85. The van der Waals surface area contributed by atoms with Gasteiger partial charge in [0.25, 0.3) is 5.91 Å². The van der Waals surface area contributed by atoms with Crippen LogP contribution >= 0.6 is 0 Å². The Morgan fingerprint density at radius 1 is 1.14 bits per heavy atom. The molecule has 0 spiro atoms. The van der Waals surface area contributed by atoms with Gasteiger partial charge in [-0.3, -0.25) is 10.2 Å². The number of nitrogens with zero attached hydrogens (tertiary/aromatic N) is 2. The lowest BCUT2D eigenvalue weighted by molar-refractivity contribution is 0.0825. The van der Waals surface area contributed by atoms with Crippen molar-refractivity contribution in [3.8, 4) is 0 Å². The summed E-state index contributed by atoms with van der Waals surface area (Å²) in [6.45, 7) is 5.03. The zero-order chi connectivity index (χ0) is 14.7. The predicted molar refractivity (Wildman–Crippen MR) is 79.8 cm³/mol. The number of halogens is 1. The number of anilines is 1. The van der Waals surface area contributed by atoms with Crippen LogP contribution in [0.1, 0.15) is 23.2 Å². The highest BCUT2D eigenvalue weighted by molar-refractivity contribution is 5.94. The third-order valence-corrected chi connectivity index (χ3v) is 4.03. The van der Waals surface area contributed by atoms with Crippen molar-refractivity contribution < 1.29 is 9.18 Å². The summed E-state index contributed by atoms with van der Waals surface area (Å²) < 4.78 is 14.3. The van der Waals surface area contributed by atoms with E-state index in [1.165, 1.54) is 6.07 Å². The zero-order valence-electron chi connectivity index (χ0n) is 12.1. The first kappa shape index (κ1) is 14.3. The maximum atomic E-state index is 14.3. The van der Waals surface area contributed by atoms with Crippen molar-refractivity contribution >= 4 is 11.6 Å². The molecular weight excluding hydrogens is 271 g/mol. The third-order valence-electron chi connectivity index (χ3n) is 4.03. The average Bonchev–Trinajstić information content (AvgIpc) is 3.01. The highest BCUT2D eigenvalue weighted by Crippen LogP contribution is 2.21. The molecule has 0 bridgehead atoms. The van der Waals surface area contributed by atoms with Crippen LogP contribution in [0.15, 0.2) is 18.2 Å². The molecule has 0 saturated carbocycles. The van der Waals surface area contributed by atoms with Crippen LogP contribution in [0.25, 0.3) is 0 Å². The standard InChI is InChI=1S/C15H21FN4O/c16-13-11-12(15(21)18-20-7-1-2-8-20)3-4-14(13)19-9-5-17-6-10-19/h3-4,11,17H,1-2,5-10H2,(H,18,21). The number of benzene rings is 1. The van der Waals surface area contributed by atoms with Gasteiger partial charge in [0, 0.05) is 44.8 Å². The van der Waals surface area contributed by atoms with Gasteiger partial charge < -0.3 is 10.2 Å². The van der Waals surface area contributed by atoms with E-state index in [-0.39, 0.29) is 11.7 Å². The normalized spacial score (nSPS) is 19.8. The van der Waals surface area contributed by atoms with Gasteiger partial charge in [0.2, 0.25) is 0 Å². The smallest absolute Gasteiger partial charge is 0.265 e. The Hall–Kier alpha value is -1.66. The summed E-state index contributed by atoms with van der Waals surface area (Å²) in [5, 5.41) is 5.13. The van der Waals surface area contributed by atoms with Crippen LogP contribution in [-0.2, 0) is 0 Å². The molecule has 0 aliphatic carbocycles. The lowest BCUT2D eigenvalue weighted by Crippen LogP contribution is -2.44. The van der Waals surface area contributed by atoms with Crippen molar-refractivity contribution in [2.24, 2.45) is 0 Å². The summed E-state index contributed by atoms with van der Waals surface area (Å²) in [4.78, 5) is 14.1. The fraction of sp³-hybridized carbons (Fsp3) is 0.533. The van der Waals surface area contributed by atoms with Gasteiger partial charge in [-0.05, 0) is 31.0 Å². The molecule has 1 aromatic rings. The Kier molecular flexibility index (Phi) is 4.36. The number of hydrogen-bond donors (Lipinski definition) is 2. The van der Waals surface area contributed by atoms with Crippen LogP contribution in [0, 0.1) is 5.82 Å². The molecule has 1 aromatic carbocycles. The highest BCUT2D eigenvalue weighted by Gasteiger charge is 2.18. The lowest BCUT2D eigenvalue weighted by atomic mass is 10.1. The molecule has 0 atom stereocenters. The quantitative estimate of drug-likeness (QED) is 0.872. The first-order chi connectivity index (χ1) is 10.2. The molecule has 0 radical (unpaired) electrons. The van der Waals surface area contributed by atoms with Gasteiger partial charge in [-0.1, -0.05) is 0 Å². The maximum absolute atomic E-state index is 14.3. The molecule has 2 aliphatic heterocycles. The highest BCUT2D eigenvalue weighted by atomic mass is 19.1. The van der Waals surface area contributed by atoms with Gasteiger partial charge in [-0.25, -0.2) is 9.40 Å². The molecule has 2 fully saturated rings. The van der Waals surface area contributed by atoms with E-state index >= 15 is 0 Å². The van der Waals surface area contributed by atoms with E-state index in [2.05, 4.69) is 10.7 Å². The van der Waals surface area contributed by atoms with Gasteiger partial charge in [-0.2, -0.15) is 0 Å². The van der Waals surface area contributed by atoms with E-state index in [1.54, 1.807) is 12.1 Å². The first-order valence-corrected chi connectivity index (χ1v) is 7.55. The minimum Gasteiger partial charge on any atom is -0.367 e. The fourth-order valence-electron chi connectivity index (χ4n) is 2.85. The van der Waals surface area contributed by atoms with E-state index in [0.717, 1.165) is 52.1 Å². The Bertz CT molecular complexity index is 510. The minimum atomic E-state index is -0.328. The Morgan fingerprint density at radius 3 is 2.52 bits per heavy atom. The van der Waals surface area contributed by atoms with Gasteiger partial charge in [-0.15, -0.1) is 0 Å². The monoisotopic (exact) mass is 292 g/mol. The summed E-state index contributed by atoms with van der Waals surface area (Å²) in [6.07, 6.45) is 2.19. The molecule has 0 aromatic heterocycles. The van der Waals surface area contributed by atoms with Crippen molar-refractivity contribution in [1.29, 1.82) is 0 Å². The predicted octanol–water partition coefficient (Wildman–Crippen LogP) is 0.976. The molecule has 114 valence electrons. The van der Waals surface area contributed by atoms with Gasteiger partial charge >= 0.3 is 0 Å². The van der Waals surface area contributed by atoms with Gasteiger partial charge in [0.15, 0.2) is 0 Å². The second-order valence-corrected chi connectivity index (χ2v) is 5.54. The number of hydrogen-bond acceptors (Lipinski definition) is 4. The SMILES string of the molecule is O=C(NN1CCCC1)c1ccc(N2CCNCC2)c(F)c1. The van der Waals surface area contributed by atoms with Crippen LogP contribution in [0.3, 0.4) is 0 Å². The second kappa shape index (κ2) is 6.41. The number of hydrazine groups is 1. The first-order valence-electron chi connectivity index (χ1n) is 7.55. The van der Waals surface area contributed by atoms with E-state index in [9.17, 15) is 9.18 Å². The molecule has 3 rings (SSSR count). The molecule has 2 heterocycles. The number of rotatable bonds is 3. The van der Waals surface area contributed by atoms with Crippen LogP contribution in [0.4, 0.5) is 10.1 Å². The van der Waals surface area contributed by atoms with Crippen LogP contribution in [0.2, 0.25) is 0 Å². The van der Waals surface area contributed by atoms with E-state index in [0.29, 0.717) is 11.3 Å². The van der Waals surface area contributed by atoms with Gasteiger partial charge in [0.1, 0.15) is 5.82 Å². The minimum absolute atomic E-state index is 0.234. The van der Waals surface area contributed by atoms with Crippen molar-refractivity contribution in [1.82, 2.24) is 15.8 Å². The van der Waals surface area contributed by atoms with Crippen molar-refractivity contribution in [2.75, 3.05) is 44.2 Å². The molecule has 0 unspecified atom stereocenters. The number of piperazine rings is 1. The summed E-state index contributed by atoms with van der Waals surface area (Å²) >= 11 is 0. The third kappa shape index (κ3) is 3.33. The van der Waals surface area contributed by atoms with Crippen molar-refractivity contribution in [3.05, 3.63) is 29.6 Å². The van der Waals surface area contributed by atoms with E-state index in [1.807, 2.05) is 9.91 Å². The Balaban J connectivity index is 1.69.